The number of aliphatic carboxylic acids is 1. The topological polar surface area (TPSA) is 107 Å². The highest BCUT2D eigenvalue weighted by molar-refractivity contribution is 5.93. The van der Waals surface area contributed by atoms with Crippen LogP contribution >= 0.6 is 0 Å². The van der Waals surface area contributed by atoms with Crippen LogP contribution in [0.2, 0.25) is 0 Å². The van der Waals surface area contributed by atoms with Crippen molar-refractivity contribution < 1.29 is 37.3 Å². The van der Waals surface area contributed by atoms with Gasteiger partial charge in [-0.3, -0.25) is 9.59 Å². The highest BCUT2D eigenvalue weighted by Crippen LogP contribution is 2.23. The van der Waals surface area contributed by atoms with Gasteiger partial charge in [-0.25, -0.2) is 0 Å². The average Bonchev–Trinajstić information content (AvgIpc) is 2.59. The summed E-state index contributed by atoms with van der Waals surface area (Å²) in [6, 6.07) is 3.42. The number of halogens is 3. The fourth-order valence-electron chi connectivity index (χ4n) is 1.37. The number of allylic oxidation sites excluding steroid dienone is 1. The molecule has 0 aromatic carbocycles. The zero-order valence-corrected chi connectivity index (χ0v) is 14.2. The van der Waals surface area contributed by atoms with Gasteiger partial charge in [0.05, 0.1) is 18.7 Å². The quantitative estimate of drug-likeness (QED) is 0.454. The van der Waals surface area contributed by atoms with E-state index in [9.17, 15) is 22.8 Å². The third kappa shape index (κ3) is 8.62. The second-order valence-corrected chi connectivity index (χ2v) is 4.77. The van der Waals surface area contributed by atoms with Crippen LogP contribution in [0.3, 0.4) is 0 Å². The maximum absolute atomic E-state index is 11.7. The number of amides is 1. The lowest BCUT2D eigenvalue weighted by Gasteiger charge is -2.11. The summed E-state index contributed by atoms with van der Waals surface area (Å²) in [5.41, 5.74) is 0.360. The maximum atomic E-state index is 11.7. The Bertz CT molecular complexity index is 669. The van der Waals surface area contributed by atoms with Gasteiger partial charge < -0.3 is 14.7 Å². The lowest BCUT2D eigenvalue weighted by atomic mass is 10.3. The van der Waals surface area contributed by atoms with Crippen LogP contribution in [0.5, 0.6) is 0 Å². The van der Waals surface area contributed by atoms with Crippen molar-refractivity contribution in [2.24, 2.45) is 0 Å². The van der Waals surface area contributed by atoms with Crippen molar-refractivity contribution >= 4 is 11.9 Å². The van der Waals surface area contributed by atoms with E-state index in [1.807, 2.05) is 6.07 Å². The first-order valence-corrected chi connectivity index (χ1v) is 7.03. The van der Waals surface area contributed by atoms with Crippen LogP contribution in [-0.2, 0) is 16.1 Å². The number of rotatable bonds is 6. The van der Waals surface area contributed by atoms with Crippen LogP contribution in [0.25, 0.3) is 0 Å². The Morgan fingerprint density at radius 1 is 1.50 bits per heavy atom. The molecule has 1 aromatic heterocycles. The number of hydrogen-bond donors (Lipinski definition) is 1. The molecule has 11 heteroatoms. The van der Waals surface area contributed by atoms with Crippen molar-refractivity contribution in [3.8, 4) is 6.07 Å². The van der Waals surface area contributed by atoms with E-state index in [2.05, 4.69) is 16.4 Å². The summed E-state index contributed by atoms with van der Waals surface area (Å²) >= 11 is 0. The summed E-state index contributed by atoms with van der Waals surface area (Å²) in [6.45, 7) is 2.85. The first-order chi connectivity index (χ1) is 12.0. The van der Waals surface area contributed by atoms with E-state index < -0.39 is 17.9 Å². The van der Waals surface area contributed by atoms with E-state index in [0.717, 1.165) is 7.11 Å². The van der Waals surface area contributed by atoms with Gasteiger partial charge in [0.25, 0.3) is 5.91 Å². The van der Waals surface area contributed by atoms with Gasteiger partial charge in [0, 0.05) is 13.1 Å². The van der Waals surface area contributed by atoms with Crippen LogP contribution in [0.1, 0.15) is 16.8 Å². The van der Waals surface area contributed by atoms with Gasteiger partial charge in [-0.15, -0.1) is 0 Å². The fourth-order valence-corrected chi connectivity index (χ4v) is 1.37. The van der Waals surface area contributed by atoms with Crippen LogP contribution in [0, 0.1) is 11.3 Å². The van der Waals surface area contributed by atoms with E-state index in [4.69, 9.17) is 10.4 Å². The van der Waals surface area contributed by atoms with Gasteiger partial charge >= 0.3 is 12.1 Å². The number of hydrogen-bond acceptors (Lipinski definition) is 5. The molecule has 0 aliphatic rings. The van der Waals surface area contributed by atoms with Crippen molar-refractivity contribution in [2.75, 3.05) is 20.7 Å². The summed E-state index contributed by atoms with van der Waals surface area (Å²) < 4.78 is 38.9. The zero-order valence-electron chi connectivity index (χ0n) is 14.2. The van der Waals surface area contributed by atoms with E-state index in [1.54, 1.807) is 6.07 Å². The van der Waals surface area contributed by atoms with Gasteiger partial charge in [0.1, 0.15) is 19.2 Å². The minimum absolute atomic E-state index is 0.00669. The number of aryl methyl sites for hydroxylation is 1. The molecule has 0 fully saturated rings. The molecule has 0 bridgehead atoms. The highest BCUT2D eigenvalue weighted by atomic mass is 19.4. The molecule has 26 heavy (non-hydrogen) atoms. The second-order valence-electron chi connectivity index (χ2n) is 4.77. The van der Waals surface area contributed by atoms with Crippen LogP contribution in [-0.4, -0.2) is 53.9 Å². The largest absolute Gasteiger partial charge is 0.493 e. The molecule has 0 saturated heterocycles. The molecule has 1 aromatic rings. The first-order valence-electron chi connectivity index (χ1n) is 7.03. The number of carbonyl (C=O) groups is 2. The SMILES string of the molecule is C=C(OC)C(F)(F)F.CN(CC#N)C(=O)c1cc[n+](CCC(=O)O)nc1. The summed E-state index contributed by atoms with van der Waals surface area (Å²) in [5.74, 6) is -2.37. The number of aromatic nitrogens is 2. The number of carboxylic acids is 1. The molecule has 0 aliphatic heterocycles. The van der Waals surface area contributed by atoms with Crippen molar-refractivity contribution in [1.29, 1.82) is 5.26 Å². The molecule has 8 nitrogen and oxygen atoms in total. The smallest absolute Gasteiger partial charge is 0.448 e. The van der Waals surface area contributed by atoms with E-state index in [-0.39, 0.29) is 25.4 Å². The molecule has 1 heterocycles. The first kappa shape index (κ1) is 22.8. The predicted molar refractivity (Wildman–Crippen MR) is 81.5 cm³/mol. The van der Waals surface area contributed by atoms with Crippen molar-refractivity contribution in [3.63, 3.8) is 0 Å². The molecule has 0 unspecified atom stereocenters. The molecule has 1 amide bonds. The summed E-state index contributed by atoms with van der Waals surface area (Å²) in [7, 11) is 2.45. The summed E-state index contributed by atoms with van der Waals surface area (Å²) in [4.78, 5) is 23.4. The van der Waals surface area contributed by atoms with E-state index >= 15 is 0 Å². The number of carbonyl (C=O) groups excluding carboxylic acids is 1. The maximum Gasteiger partial charge on any atom is 0.448 e. The van der Waals surface area contributed by atoms with Gasteiger partial charge in [-0.05, 0) is 5.10 Å². The van der Waals surface area contributed by atoms with Crippen molar-refractivity contribution in [1.82, 2.24) is 10.00 Å². The second kappa shape index (κ2) is 10.7. The number of ether oxygens (including phenoxy) is 1. The number of nitrogens with zero attached hydrogens (tertiary/aromatic N) is 4. The standard InChI is InChI=1S/C11H12N4O3.C4H5F3O/c1-14(7-4-12)11(18)9-2-5-15(13-8-9)6-3-10(16)17;1-3(8-2)4(5,6)7/h2,5,8H,3,6-7H2,1H3;1H2,2H3/p+1. The van der Waals surface area contributed by atoms with Crippen molar-refractivity contribution in [2.45, 2.75) is 19.1 Å². The van der Waals surface area contributed by atoms with E-state index in [1.165, 1.54) is 29.0 Å². The molecule has 1 N–H and O–H groups in total. The van der Waals surface area contributed by atoms with Gasteiger partial charge in [-0.1, -0.05) is 11.3 Å². The monoisotopic (exact) mass is 375 g/mol. The predicted octanol–water partition coefficient (Wildman–Crippen LogP) is 1.15. The number of methoxy groups -OCH3 is 1. The van der Waals surface area contributed by atoms with Crippen molar-refractivity contribution in [3.05, 3.63) is 36.4 Å². The molecule has 0 radical (unpaired) electrons. The Morgan fingerprint density at radius 2 is 2.12 bits per heavy atom. The normalized spacial score (nSPS) is 10.0. The van der Waals surface area contributed by atoms with Crippen LogP contribution < -0.4 is 4.68 Å². The lowest BCUT2D eigenvalue weighted by Crippen LogP contribution is -2.39. The van der Waals surface area contributed by atoms with Gasteiger partial charge in [-0.2, -0.15) is 18.4 Å². The Hall–Kier alpha value is -3.16. The zero-order chi connectivity index (χ0) is 20.3. The Labute approximate surface area is 147 Å². The third-order valence-corrected chi connectivity index (χ3v) is 2.79. The molecule has 1 rings (SSSR count). The Kier molecular flexibility index (Phi) is 9.36. The number of nitriles is 1. The number of alkyl halides is 3. The lowest BCUT2D eigenvalue weighted by molar-refractivity contribution is -0.753. The molecule has 142 valence electrons. The minimum Gasteiger partial charge on any atom is -0.493 e. The highest BCUT2D eigenvalue weighted by Gasteiger charge is 2.33. The molecular weight excluding hydrogens is 357 g/mol. The Balaban J connectivity index is 0.000000660. The molecule has 0 spiro atoms. The number of carboxylic acid groups (broad SMARTS) is 1. The molecular formula is C15H18F3N4O4+. The van der Waals surface area contributed by atoms with Gasteiger partial charge in [0.2, 0.25) is 0 Å². The van der Waals surface area contributed by atoms with Crippen LogP contribution in [0.4, 0.5) is 13.2 Å². The van der Waals surface area contributed by atoms with Crippen LogP contribution in [0.15, 0.2) is 30.8 Å². The van der Waals surface area contributed by atoms with E-state index in [0.29, 0.717) is 5.56 Å². The summed E-state index contributed by atoms with van der Waals surface area (Å²) in [6.07, 6.45) is -1.54. The molecule has 0 saturated carbocycles. The Morgan fingerprint density at radius 3 is 2.46 bits per heavy atom. The summed E-state index contributed by atoms with van der Waals surface area (Å²) in [5, 5.41) is 20.9. The minimum atomic E-state index is -4.41. The fraction of sp³-hybridized carbons (Fsp3) is 0.400. The third-order valence-electron chi connectivity index (χ3n) is 2.79. The average molecular weight is 375 g/mol. The molecule has 0 atom stereocenters. The molecule has 0 aliphatic carbocycles. The van der Waals surface area contributed by atoms with Gasteiger partial charge in [0.15, 0.2) is 18.5 Å².